The fraction of sp³-hybridized carbons (Fsp3) is 0.357. The second kappa shape index (κ2) is 5.83. The van der Waals surface area contributed by atoms with Crippen molar-refractivity contribution in [3.63, 3.8) is 0 Å². The van der Waals surface area contributed by atoms with E-state index in [9.17, 15) is 4.79 Å². The Hall–Kier alpha value is -2.21. The van der Waals surface area contributed by atoms with Crippen molar-refractivity contribution in [1.29, 1.82) is 0 Å². The predicted molar refractivity (Wildman–Crippen MR) is 76.3 cm³/mol. The van der Waals surface area contributed by atoms with E-state index in [1.54, 1.807) is 17.8 Å². The summed E-state index contributed by atoms with van der Waals surface area (Å²) in [5.41, 5.74) is 8.39. The molecule has 106 valence electrons. The lowest BCUT2D eigenvalue weighted by Crippen LogP contribution is -2.37. The largest absolute Gasteiger partial charge is 0.351 e. The van der Waals surface area contributed by atoms with Gasteiger partial charge in [0.1, 0.15) is 0 Å². The Balaban J connectivity index is 2.07. The van der Waals surface area contributed by atoms with Crippen molar-refractivity contribution in [3.05, 3.63) is 41.3 Å². The molecule has 2 aromatic rings. The molecule has 0 saturated carbocycles. The summed E-state index contributed by atoms with van der Waals surface area (Å²) in [6.07, 6.45) is 1.73. The lowest BCUT2D eigenvalue weighted by Gasteiger charge is -2.08. The van der Waals surface area contributed by atoms with Crippen LogP contribution in [0.1, 0.15) is 23.9 Å². The van der Waals surface area contributed by atoms with E-state index in [2.05, 4.69) is 15.4 Å². The fourth-order valence-corrected chi connectivity index (χ4v) is 1.86. The number of nitrogens with zero attached hydrogens (tertiary/aromatic N) is 3. The zero-order valence-corrected chi connectivity index (χ0v) is 11.9. The number of pyridine rings is 1. The van der Waals surface area contributed by atoms with Crippen LogP contribution in [-0.4, -0.2) is 26.7 Å². The highest BCUT2D eigenvalue weighted by Crippen LogP contribution is 2.10. The molecule has 6 nitrogen and oxygen atoms in total. The Labute approximate surface area is 118 Å². The van der Waals surface area contributed by atoms with Gasteiger partial charge in [0.05, 0.1) is 11.7 Å². The zero-order chi connectivity index (χ0) is 14.7. The molecule has 6 heteroatoms. The van der Waals surface area contributed by atoms with E-state index in [0.29, 0.717) is 6.54 Å². The topological polar surface area (TPSA) is 85.8 Å². The second-order valence-corrected chi connectivity index (χ2v) is 4.87. The highest BCUT2D eigenvalue weighted by atomic mass is 16.2. The standard InChI is InChI=1S/C14H19N5O/c1-9-6-10(2)19(18-9)13-5-4-12(7-16-13)8-17-14(20)11(3)15/h4-7,11H,8,15H2,1-3H3,(H,17,20)/t11-/m0/s1. The SMILES string of the molecule is Cc1cc(C)n(-c2ccc(CNC(=O)[C@H](C)N)cn2)n1. The number of hydrogen-bond donors (Lipinski definition) is 2. The normalized spacial score (nSPS) is 12.2. The molecule has 0 aliphatic carbocycles. The van der Waals surface area contributed by atoms with Crippen molar-refractivity contribution < 1.29 is 4.79 Å². The molecule has 2 rings (SSSR count). The van der Waals surface area contributed by atoms with Crippen molar-refractivity contribution in [2.24, 2.45) is 5.73 Å². The molecule has 3 N–H and O–H groups in total. The molecule has 2 aromatic heterocycles. The van der Waals surface area contributed by atoms with Crippen molar-refractivity contribution in [2.75, 3.05) is 0 Å². The summed E-state index contributed by atoms with van der Waals surface area (Å²) in [5.74, 6) is 0.588. The highest BCUT2D eigenvalue weighted by Gasteiger charge is 2.07. The van der Waals surface area contributed by atoms with E-state index < -0.39 is 6.04 Å². The van der Waals surface area contributed by atoms with Crippen molar-refractivity contribution in [2.45, 2.75) is 33.4 Å². The van der Waals surface area contributed by atoms with Crippen LogP contribution in [-0.2, 0) is 11.3 Å². The van der Waals surface area contributed by atoms with Gasteiger partial charge in [0.2, 0.25) is 5.91 Å². The molecule has 1 amide bonds. The maximum absolute atomic E-state index is 11.4. The molecular formula is C14H19N5O. The Kier molecular flexibility index (Phi) is 4.14. The van der Waals surface area contributed by atoms with Gasteiger partial charge in [-0.05, 0) is 38.5 Å². The molecule has 0 aromatic carbocycles. The third-order valence-electron chi connectivity index (χ3n) is 2.92. The Morgan fingerprint density at radius 2 is 2.20 bits per heavy atom. The van der Waals surface area contributed by atoms with Gasteiger partial charge in [-0.1, -0.05) is 6.07 Å². The van der Waals surface area contributed by atoms with Gasteiger partial charge in [-0.15, -0.1) is 0 Å². The molecule has 0 spiro atoms. The van der Waals surface area contributed by atoms with E-state index in [4.69, 9.17) is 5.73 Å². The summed E-state index contributed by atoms with van der Waals surface area (Å²) in [5, 5.41) is 7.12. The fourth-order valence-electron chi connectivity index (χ4n) is 1.86. The number of hydrogen-bond acceptors (Lipinski definition) is 4. The van der Waals surface area contributed by atoms with Gasteiger partial charge >= 0.3 is 0 Å². The van der Waals surface area contributed by atoms with Crippen LogP contribution < -0.4 is 11.1 Å². The summed E-state index contributed by atoms with van der Waals surface area (Å²) < 4.78 is 1.79. The molecule has 1 atom stereocenters. The first-order valence-electron chi connectivity index (χ1n) is 6.49. The summed E-state index contributed by atoms with van der Waals surface area (Å²) in [4.78, 5) is 15.7. The van der Waals surface area contributed by atoms with Crippen LogP contribution in [0, 0.1) is 13.8 Å². The Morgan fingerprint density at radius 3 is 2.70 bits per heavy atom. The molecule has 0 radical (unpaired) electrons. The number of carbonyl (C=O) groups excluding carboxylic acids is 1. The number of amides is 1. The zero-order valence-electron chi connectivity index (χ0n) is 11.9. The van der Waals surface area contributed by atoms with Crippen LogP contribution in [0.3, 0.4) is 0 Å². The first-order chi connectivity index (χ1) is 9.47. The van der Waals surface area contributed by atoms with Crippen molar-refractivity contribution in [1.82, 2.24) is 20.1 Å². The van der Waals surface area contributed by atoms with Gasteiger partial charge in [-0.2, -0.15) is 5.10 Å². The van der Waals surface area contributed by atoms with Gasteiger partial charge in [0.25, 0.3) is 0 Å². The van der Waals surface area contributed by atoms with Crippen LogP contribution in [0.5, 0.6) is 0 Å². The number of nitrogens with two attached hydrogens (primary N) is 1. The average molecular weight is 273 g/mol. The summed E-state index contributed by atoms with van der Waals surface area (Å²) in [6, 6.07) is 5.29. The van der Waals surface area contributed by atoms with Crippen LogP contribution >= 0.6 is 0 Å². The second-order valence-electron chi connectivity index (χ2n) is 4.87. The van der Waals surface area contributed by atoms with Crippen molar-refractivity contribution >= 4 is 5.91 Å². The third kappa shape index (κ3) is 3.21. The van der Waals surface area contributed by atoms with Crippen LogP contribution in [0.4, 0.5) is 0 Å². The van der Waals surface area contributed by atoms with E-state index in [1.807, 2.05) is 32.0 Å². The van der Waals surface area contributed by atoms with E-state index in [0.717, 1.165) is 22.8 Å². The number of rotatable bonds is 4. The van der Waals surface area contributed by atoms with Gasteiger partial charge in [0, 0.05) is 18.4 Å². The molecule has 0 fully saturated rings. The van der Waals surface area contributed by atoms with E-state index >= 15 is 0 Å². The smallest absolute Gasteiger partial charge is 0.236 e. The van der Waals surface area contributed by atoms with Crippen LogP contribution in [0.15, 0.2) is 24.4 Å². The van der Waals surface area contributed by atoms with Gasteiger partial charge in [0.15, 0.2) is 5.82 Å². The van der Waals surface area contributed by atoms with E-state index in [1.165, 1.54) is 0 Å². The molecule has 2 heterocycles. The molecule has 0 aliphatic rings. The number of carbonyl (C=O) groups is 1. The molecule has 0 aliphatic heterocycles. The summed E-state index contributed by atoms with van der Waals surface area (Å²) in [7, 11) is 0. The number of aromatic nitrogens is 3. The summed E-state index contributed by atoms with van der Waals surface area (Å²) in [6.45, 7) is 6.00. The maximum Gasteiger partial charge on any atom is 0.236 e. The number of aryl methyl sites for hydroxylation is 2. The minimum Gasteiger partial charge on any atom is -0.351 e. The number of nitrogens with one attached hydrogen (secondary N) is 1. The Bertz CT molecular complexity index is 601. The summed E-state index contributed by atoms with van der Waals surface area (Å²) >= 11 is 0. The van der Waals surface area contributed by atoms with Gasteiger partial charge in [-0.25, -0.2) is 9.67 Å². The minimum absolute atomic E-state index is 0.173. The maximum atomic E-state index is 11.4. The highest BCUT2D eigenvalue weighted by molar-refractivity contribution is 5.80. The lowest BCUT2D eigenvalue weighted by atomic mass is 10.2. The minimum atomic E-state index is -0.503. The Morgan fingerprint density at radius 1 is 1.45 bits per heavy atom. The molecule has 0 saturated heterocycles. The van der Waals surface area contributed by atoms with Crippen LogP contribution in [0.2, 0.25) is 0 Å². The third-order valence-corrected chi connectivity index (χ3v) is 2.92. The van der Waals surface area contributed by atoms with Crippen LogP contribution in [0.25, 0.3) is 5.82 Å². The first kappa shape index (κ1) is 14.2. The predicted octanol–water partition coefficient (Wildman–Crippen LogP) is 0.848. The van der Waals surface area contributed by atoms with Crippen molar-refractivity contribution in [3.8, 4) is 5.82 Å². The average Bonchev–Trinajstić information content (AvgIpc) is 2.75. The molecule has 0 bridgehead atoms. The molecular weight excluding hydrogens is 254 g/mol. The van der Waals surface area contributed by atoms with Gasteiger partial charge < -0.3 is 11.1 Å². The molecule has 0 unspecified atom stereocenters. The first-order valence-corrected chi connectivity index (χ1v) is 6.49. The monoisotopic (exact) mass is 273 g/mol. The van der Waals surface area contributed by atoms with Gasteiger partial charge in [-0.3, -0.25) is 4.79 Å². The lowest BCUT2D eigenvalue weighted by molar-refractivity contribution is -0.122. The molecule has 20 heavy (non-hydrogen) atoms. The quantitative estimate of drug-likeness (QED) is 0.864. The van der Waals surface area contributed by atoms with E-state index in [-0.39, 0.29) is 5.91 Å².